The molecule has 1 amide bonds. The molecule has 1 N–H and O–H groups in total. The third kappa shape index (κ3) is 2.20. The number of nitrogens with zero attached hydrogens (tertiary/aromatic N) is 3. The van der Waals surface area contributed by atoms with Crippen molar-refractivity contribution in [3.8, 4) is 0 Å². The third-order valence-corrected chi connectivity index (χ3v) is 2.30. The molecule has 2 aromatic heterocycles. The van der Waals surface area contributed by atoms with Gasteiger partial charge in [0.1, 0.15) is 0 Å². The zero-order chi connectivity index (χ0) is 11.5. The first kappa shape index (κ1) is 10.6. The van der Waals surface area contributed by atoms with Crippen LogP contribution >= 0.6 is 11.6 Å². The predicted molar refractivity (Wildman–Crippen MR) is 60.4 cm³/mol. The minimum atomic E-state index is -0.300. The smallest absolute Gasteiger partial charge is 0.258 e. The first-order valence-corrected chi connectivity index (χ1v) is 4.94. The molecule has 0 saturated heterocycles. The van der Waals surface area contributed by atoms with Crippen molar-refractivity contribution in [1.82, 2.24) is 14.8 Å². The summed E-state index contributed by atoms with van der Waals surface area (Å²) >= 11 is 5.87. The van der Waals surface area contributed by atoms with Crippen LogP contribution in [0.25, 0.3) is 0 Å². The van der Waals surface area contributed by atoms with Crippen molar-refractivity contribution >= 4 is 23.2 Å². The summed E-state index contributed by atoms with van der Waals surface area (Å²) in [6.07, 6.45) is 6.21. The van der Waals surface area contributed by atoms with Crippen LogP contribution in [-0.4, -0.2) is 20.7 Å². The molecule has 2 aromatic rings. The van der Waals surface area contributed by atoms with Crippen LogP contribution in [0.15, 0.2) is 30.9 Å². The molecule has 0 aromatic carbocycles. The number of halogens is 1. The van der Waals surface area contributed by atoms with Crippen LogP contribution in [0.4, 0.5) is 5.69 Å². The highest BCUT2D eigenvalue weighted by Crippen LogP contribution is 2.15. The first-order chi connectivity index (χ1) is 7.66. The van der Waals surface area contributed by atoms with E-state index >= 15 is 0 Å². The Morgan fingerprint density at radius 1 is 1.50 bits per heavy atom. The normalized spacial score (nSPS) is 10.1. The molecule has 16 heavy (non-hydrogen) atoms. The van der Waals surface area contributed by atoms with Crippen molar-refractivity contribution in [3.63, 3.8) is 0 Å². The SMILES string of the molecule is Cn1cc(NC(=O)c2cnccc2Cl)cn1. The number of nitrogens with one attached hydrogen (secondary N) is 1. The summed E-state index contributed by atoms with van der Waals surface area (Å²) in [5.41, 5.74) is 0.959. The highest BCUT2D eigenvalue weighted by atomic mass is 35.5. The quantitative estimate of drug-likeness (QED) is 0.864. The molecule has 0 spiro atoms. The Kier molecular flexibility index (Phi) is 2.87. The second-order valence-electron chi connectivity index (χ2n) is 3.21. The third-order valence-electron chi connectivity index (χ3n) is 1.98. The lowest BCUT2D eigenvalue weighted by molar-refractivity contribution is 0.102. The zero-order valence-corrected chi connectivity index (χ0v) is 9.27. The van der Waals surface area contributed by atoms with Crippen molar-refractivity contribution in [2.75, 3.05) is 5.32 Å². The molecule has 82 valence electrons. The van der Waals surface area contributed by atoms with E-state index in [1.165, 1.54) is 12.4 Å². The van der Waals surface area contributed by atoms with Gasteiger partial charge in [0.15, 0.2) is 0 Å². The van der Waals surface area contributed by atoms with Crippen LogP contribution in [0.2, 0.25) is 5.02 Å². The Bertz CT molecular complexity index is 523. The average Bonchev–Trinajstić information content (AvgIpc) is 2.64. The van der Waals surface area contributed by atoms with Gasteiger partial charge in [-0.15, -0.1) is 0 Å². The highest BCUT2D eigenvalue weighted by molar-refractivity contribution is 6.34. The number of carbonyl (C=O) groups excluding carboxylic acids is 1. The van der Waals surface area contributed by atoms with Crippen molar-refractivity contribution in [3.05, 3.63) is 41.4 Å². The predicted octanol–water partition coefficient (Wildman–Crippen LogP) is 1.72. The van der Waals surface area contributed by atoms with E-state index in [9.17, 15) is 4.79 Å². The first-order valence-electron chi connectivity index (χ1n) is 4.56. The standard InChI is InChI=1S/C10H9ClN4O/c1-15-6-7(4-13-15)14-10(16)8-5-12-3-2-9(8)11/h2-6H,1H3,(H,14,16). The van der Waals surface area contributed by atoms with Crippen LogP contribution in [-0.2, 0) is 7.05 Å². The van der Waals surface area contributed by atoms with E-state index in [2.05, 4.69) is 15.4 Å². The topological polar surface area (TPSA) is 59.8 Å². The van der Waals surface area contributed by atoms with E-state index in [4.69, 9.17) is 11.6 Å². The summed E-state index contributed by atoms with van der Waals surface area (Å²) < 4.78 is 1.60. The second kappa shape index (κ2) is 4.32. The number of hydrogen-bond donors (Lipinski definition) is 1. The van der Waals surface area contributed by atoms with Crippen LogP contribution in [0, 0.1) is 0 Å². The summed E-state index contributed by atoms with van der Waals surface area (Å²) in [5, 5.41) is 6.98. The molecular formula is C10H9ClN4O. The summed E-state index contributed by atoms with van der Waals surface area (Å²) in [4.78, 5) is 15.6. The fourth-order valence-electron chi connectivity index (χ4n) is 1.23. The average molecular weight is 237 g/mol. The van der Waals surface area contributed by atoms with Gasteiger partial charge < -0.3 is 5.32 Å². The molecule has 0 radical (unpaired) electrons. The number of aromatic nitrogens is 3. The van der Waals surface area contributed by atoms with Crippen molar-refractivity contribution < 1.29 is 4.79 Å². The van der Waals surface area contributed by atoms with Gasteiger partial charge in [0.2, 0.25) is 0 Å². The number of carbonyl (C=O) groups is 1. The van der Waals surface area contributed by atoms with Gasteiger partial charge in [0.05, 0.1) is 22.5 Å². The van der Waals surface area contributed by atoms with Gasteiger partial charge >= 0.3 is 0 Å². The summed E-state index contributed by atoms with van der Waals surface area (Å²) in [7, 11) is 1.77. The molecule has 0 aliphatic rings. The van der Waals surface area contributed by atoms with Gasteiger partial charge in [-0.3, -0.25) is 14.5 Å². The Morgan fingerprint density at radius 3 is 2.94 bits per heavy atom. The Labute approximate surface area is 97.1 Å². The van der Waals surface area contributed by atoms with Gasteiger partial charge in [-0.2, -0.15) is 5.10 Å². The van der Waals surface area contributed by atoms with E-state index in [1.807, 2.05) is 0 Å². The highest BCUT2D eigenvalue weighted by Gasteiger charge is 2.10. The van der Waals surface area contributed by atoms with Crippen molar-refractivity contribution in [2.45, 2.75) is 0 Å². The number of aryl methyl sites for hydroxylation is 1. The van der Waals surface area contributed by atoms with Crippen LogP contribution < -0.4 is 5.32 Å². The van der Waals surface area contributed by atoms with Gasteiger partial charge in [0, 0.05) is 25.6 Å². The van der Waals surface area contributed by atoms with Gasteiger partial charge in [-0.05, 0) is 6.07 Å². The Morgan fingerprint density at radius 2 is 2.31 bits per heavy atom. The molecule has 0 saturated carbocycles. The molecule has 0 fully saturated rings. The van der Waals surface area contributed by atoms with Gasteiger partial charge in [0.25, 0.3) is 5.91 Å². The molecule has 0 aliphatic heterocycles. The lowest BCUT2D eigenvalue weighted by atomic mass is 10.2. The zero-order valence-electron chi connectivity index (χ0n) is 8.51. The molecule has 0 aliphatic carbocycles. The fourth-order valence-corrected chi connectivity index (χ4v) is 1.42. The summed E-state index contributed by atoms with van der Waals surface area (Å²) in [6, 6.07) is 1.57. The molecule has 2 heterocycles. The van der Waals surface area contributed by atoms with E-state index in [0.29, 0.717) is 16.3 Å². The summed E-state index contributed by atoms with van der Waals surface area (Å²) in [6.45, 7) is 0. The van der Waals surface area contributed by atoms with Gasteiger partial charge in [-0.1, -0.05) is 11.6 Å². The maximum Gasteiger partial charge on any atom is 0.258 e. The number of amides is 1. The number of hydrogen-bond acceptors (Lipinski definition) is 3. The van der Waals surface area contributed by atoms with Crippen LogP contribution in [0.3, 0.4) is 0 Å². The minimum Gasteiger partial charge on any atom is -0.319 e. The minimum absolute atomic E-state index is 0.300. The molecule has 0 bridgehead atoms. The number of rotatable bonds is 2. The van der Waals surface area contributed by atoms with E-state index < -0.39 is 0 Å². The van der Waals surface area contributed by atoms with E-state index in [1.54, 1.807) is 30.2 Å². The monoisotopic (exact) mass is 236 g/mol. The molecule has 6 heteroatoms. The molecule has 5 nitrogen and oxygen atoms in total. The molecule has 2 rings (SSSR count). The van der Waals surface area contributed by atoms with Gasteiger partial charge in [-0.25, -0.2) is 0 Å². The van der Waals surface area contributed by atoms with Crippen molar-refractivity contribution in [1.29, 1.82) is 0 Å². The van der Waals surface area contributed by atoms with Crippen molar-refractivity contribution in [2.24, 2.45) is 7.05 Å². The maximum atomic E-state index is 11.8. The van der Waals surface area contributed by atoms with Crippen LogP contribution in [0.5, 0.6) is 0 Å². The second-order valence-corrected chi connectivity index (χ2v) is 3.62. The number of pyridine rings is 1. The Hall–Kier alpha value is -1.88. The molecular weight excluding hydrogens is 228 g/mol. The van der Waals surface area contributed by atoms with Crippen LogP contribution in [0.1, 0.15) is 10.4 Å². The molecule has 0 atom stereocenters. The maximum absolute atomic E-state index is 11.8. The van der Waals surface area contributed by atoms with E-state index in [-0.39, 0.29) is 5.91 Å². The summed E-state index contributed by atoms with van der Waals surface area (Å²) in [5.74, 6) is -0.300. The Balaban J connectivity index is 2.18. The lowest BCUT2D eigenvalue weighted by Gasteiger charge is -2.03. The van der Waals surface area contributed by atoms with E-state index in [0.717, 1.165) is 0 Å². The number of anilines is 1. The molecule has 0 unspecified atom stereocenters. The largest absolute Gasteiger partial charge is 0.319 e. The fraction of sp³-hybridized carbons (Fsp3) is 0.100. The lowest BCUT2D eigenvalue weighted by Crippen LogP contribution is -2.12.